The summed E-state index contributed by atoms with van der Waals surface area (Å²) >= 11 is 1.53. The van der Waals surface area contributed by atoms with E-state index in [0.29, 0.717) is 18.2 Å². The molecule has 17 heavy (non-hydrogen) atoms. The van der Waals surface area contributed by atoms with Crippen LogP contribution in [-0.2, 0) is 4.79 Å². The molecule has 1 rings (SSSR count). The van der Waals surface area contributed by atoms with Crippen molar-refractivity contribution in [3.05, 3.63) is 30.3 Å². The van der Waals surface area contributed by atoms with Gasteiger partial charge in [0.25, 0.3) is 0 Å². The number of benzene rings is 1. The average Bonchev–Trinajstić information content (AvgIpc) is 2.35. The molecular formula is C13H19NO2S. The SMILES string of the molecule is CC(CCO)CNC(=O)CSc1ccccc1. The van der Waals surface area contributed by atoms with E-state index in [9.17, 15) is 4.79 Å². The Bertz CT molecular complexity index is 329. The molecule has 0 bridgehead atoms. The summed E-state index contributed by atoms with van der Waals surface area (Å²) in [5, 5.41) is 11.6. The Hall–Kier alpha value is -1.00. The van der Waals surface area contributed by atoms with E-state index < -0.39 is 0 Å². The lowest BCUT2D eigenvalue weighted by molar-refractivity contribution is -0.118. The van der Waals surface area contributed by atoms with E-state index in [1.54, 1.807) is 0 Å². The number of hydrogen-bond donors (Lipinski definition) is 2. The maximum absolute atomic E-state index is 11.5. The van der Waals surface area contributed by atoms with Crippen molar-refractivity contribution in [2.75, 3.05) is 18.9 Å². The second-order valence-corrected chi connectivity index (χ2v) is 5.07. The van der Waals surface area contributed by atoms with Gasteiger partial charge in [-0.15, -0.1) is 11.8 Å². The van der Waals surface area contributed by atoms with Crippen LogP contribution < -0.4 is 5.32 Å². The molecule has 0 radical (unpaired) electrons. The van der Waals surface area contributed by atoms with Gasteiger partial charge in [-0.25, -0.2) is 0 Å². The van der Waals surface area contributed by atoms with E-state index in [0.717, 1.165) is 11.3 Å². The molecule has 1 atom stereocenters. The fourth-order valence-corrected chi connectivity index (χ4v) is 2.08. The first kappa shape index (κ1) is 14.1. The normalized spacial score (nSPS) is 12.1. The summed E-state index contributed by atoms with van der Waals surface area (Å²) in [7, 11) is 0. The third-order valence-electron chi connectivity index (χ3n) is 2.38. The predicted octanol–water partition coefficient (Wildman–Crippen LogP) is 1.91. The van der Waals surface area contributed by atoms with Gasteiger partial charge < -0.3 is 10.4 Å². The smallest absolute Gasteiger partial charge is 0.230 e. The monoisotopic (exact) mass is 253 g/mol. The van der Waals surface area contributed by atoms with Crippen molar-refractivity contribution in [1.29, 1.82) is 0 Å². The van der Waals surface area contributed by atoms with Crippen LogP contribution >= 0.6 is 11.8 Å². The molecule has 1 amide bonds. The minimum Gasteiger partial charge on any atom is -0.396 e. The van der Waals surface area contributed by atoms with Gasteiger partial charge in [0.15, 0.2) is 0 Å². The first-order valence-electron chi connectivity index (χ1n) is 5.77. The molecule has 0 heterocycles. The lowest BCUT2D eigenvalue weighted by Gasteiger charge is -2.10. The Morgan fingerprint density at radius 3 is 2.76 bits per heavy atom. The number of thioether (sulfide) groups is 1. The summed E-state index contributed by atoms with van der Waals surface area (Å²) in [6.07, 6.45) is 0.728. The quantitative estimate of drug-likeness (QED) is 0.730. The number of aliphatic hydroxyl groups excluding tert-OH is 1. The number of carbonyl (C=O) groups is 1. The van der Waals surface area contributed by atoms with Crippen LogP contribution in [0, 0.1) is 5.92 Å². The van der Waals surface area contributed by atoms with Gasteiger partial charge in [0.05, 0.1) is 5.75 Å². The van der Waals surface area contributed by atoms with Gasteiger partial charge in [-0.3, -0.25) is 4.79 Å². The molecule has 94 valence electrons. The van der Waals surface area contributed by atoms with Crippen LogP contribution in [0.1, 0.15) is 13.3 Å². The topological polar surface area (TPSA) is 49.3 Å². The molecule has 0 saturated carbocycles. The first-order valence-corrected chi connectivity index (χ1v) is 6.76. The van der Waals surface area contributed by atoms with Crippen molar-refractivity contribution in [1.82, 2.24) is 5.32 Å². The van der Waals surface area contributed by atoms with Crippen molar-refractivity contribution in [2.24, 2.45) is 5.92 Å². The van der Waals surface area contributed by atoms with Crippen LogP contribution in [-0.4, -0.2) is 29.9 Å². The van der Waals surface area contributed by atoms with E-state index in [1.165, 1.54) is 11.8 Å². The summed E-state index contributed by atoms with van der Waals surface area (Å²) in [5.41, 5.74) is 0. The zero-order valence-corrected chi connectivity index (χ0v) is 10.9. The van der Waals surface area contributed by atoms with Gasteiger partial charge in [0, 0.05) is 18.0 Å². The van der Waals surface area contributed by atoms with Crippen LogP contribution in [0.4, 0.5) is 0 Å². The zero-order valence-electron chi connectivity index (χ0n) is 10.1. The number of nitrogens with one attached hydrogen (secondary N) is 1. The van der Waals surface area contributed by atoms with Crippen molar-refractivity contribution in [3.8, 4) is 0 Å². The van der Waals surface area contributed by atoms with Crippen LogP contribution in [0.15, 0.2) is 35.2 Å². The third-order valence-corrected chi connectivity index (χ3v) is 3.39. The number of carbonyl (C=O) groups excluding carboxylic acids is 1. The fraction of sp³-hybridized carbons (Fsp3) is 0.462. The van der Waals surface area contributed by atoms with E-state index in [1.807, 2.05) is 37.3 Å². The molecule has 1 aromatic rings. The highest BCUT2D eigenvalue weighted by atomic mass is 32.2. The number of aliphatic hydroxyl groups is 1. The third kappa shape index (κ3) is 6.34. The van der Waals surface area contributed by atoms with Gasteiger partial charge in [-0.1, -0.05) is 25.1 Å². The molecule has 0 aliphatic carbocycles. The van der Waals surface area contributed by atoms with Gasteiger partial charge in [-0.2, -0.15) is 0 Å². The summed E-state index contributed by atoms with van der Waals surface area (Å²) in [4.78, 5) is 12.6. The lowest BCUT2D eigenvalue weighted by atomic mass is 10.1. The maximum atomic E-state index is 11.5. The number of rotatable bonds is 7. The van der Waals surface area contributed by atoms with Gasteiger partial charge in [0.2, 0.25) is 5.91 Å². The van der Waals surface area contributed by atoms with Crippen molar-refractivity contribution >= 4 is 17.7 Å². The van der Waals surface area contributed by atoms with Crippen molar-refractivity contribution in [2.45, 2.75) is 18.2 Å². The van der Waals surface area contributed by atoms with Gasteiger partial charge in [0.1, 0.15) is 0 Å². The van der Waals surface area contributed by atoms with Gasteiger partial charge >= 0.3 is 0 Å². The van der Waals surface area contributed by atoms with E-state index in [2.05, 4.69) is 5.32 Å². The summed E-state index contributed by atoms with van der Waals surface area (Å²) < 4.78 is 0. The summed E-state index contributed by atoms with van der Waals surface area (Å²) in [6, 6.07) is 9.87. The second-order valence-electron chi connectivity index (χ2n) is 4.02. The molecule has 0 spiro atoms. The zero-order chi connectivity index (χ0) is 12.5. The highest BCUT2D eigenvalue weighted by Crippen LogP contribution is 2.16. The predicted molar refractivity (Wildman–Crippen MR) is 71.0 cm³/mol. The molecule has 4 heteroatoms. The standard InChI is InChI=1S/C13H19NO2S/c1-11(7-8-15)9-14-13(16)10-17-12-5-3-2-4-6-12/h2-6,11,15H,7-10H2,1H3,(H,14,16). The van der Waals surface area contributed by atoms with Crippen LogP contribution in [0.2, 0.25) is 0 Å². The minimum atomic E-state index is 0.0450. The molecular weight excluding hydrogens is 234 g/mol. The average molecular weight is 253 g/mol. The Labute approximate surface area is 107 Å². The first-order chi connectivity index (χ1) is 8.22. The molecule has 2 N–H and O–H groups in total. The second kappa shape index (κ2) is 8.14. The molecule has 0 saturated heterocycles. The van der Waals surface area contributed by atoms with Crippen LogP contribution in [0.3, 0.4) is 0 Å². The Kier molecular flexibility index (Phi) is 6.74. The number of hydrogen-bond acceptors (Lipinski definition) is 3. The number of amides is 1. The Balaban J connectivity index is 2.17. The van der Waals surface area contributed by atoms with Crippen molar-refractivity contribution in [3.63, 3.8) is 0 Å². The molecule has 0 fully saturated rings. The van der Waals surface area contributed by atoms with E-state index in [-0.39, 0.29) is 12.5 Å². The van der Waals surface area contributed by atoms with Gasteiger partial charge in [-0.05, 0) is 24.5 Å². The Morgan fingerprint density at radius 1 is 1.41 bits per heavy atom. The summed E-state index contributed by atoms with van der Waals surface area (Å²) in [6.45, 7) is 2.82. The highest BCUT2D eigenvalue weighted by Gasteiger charge is 2.05. The minimum absolute atomic E-state index is 0.0450. The molecule has 0 aliphatic heterocycles. The molecule has 0 aromatic heterocycles. The highest BCUT2D eigenvalue weighted by molar-refractivity contribution is 8.00. The van der Waals surface area contributed by atoms with E-state index in [4.69, 9.17) is 5.11 Å². The fourth-order valence-electron chi connectivity index (χ4n) is 1.33. The molecule has 3 nitrogen and oxygen atoms in total. The largest absolute Gasteiger partial charge is 0.396 e. The Morgan fingerprint density at radius 2 is 2.12 bits per heavy atom. The molecule has 1 aromatic carbocycles. The van der Waals surface area contributed by atoms with Crippen LogP contribution in [0.5, 0.6) is 0 Å². The maximum Gasteiger partial charge on any atom is 0.230 e. The van der Waals surface area contributed by atoms with E-state index >= 15 is 0 Å². The summed E-state index contributed by atoms with van der Waals surface area (Å²) in [5.74, 6) is 0.810. The molecule has 1 unspecified atom stereocenters. The van der Waals surface area contributed by atoms with Crippen molar-refractivity contribution < 1.29 is 9.90 Å². The van der Waals surface area contributed by atoms with Crippen LogP contribution in [0.25, 0.3) is 0 Å². The lowest BCUT2D eigenvalue weighted by Crippen LogP contribution is -2.29. The molecule has 0 aliphatic rings.